The Bertz CT molecular complexity index is 1710. The second-order valence-electron chi connectivity index (χ2n) is 12.8. The molecule has 0 bridgehead atoms. The van der Waals surface area contributed by atoms with E-state index in [0.29, 0.717) is 13.1 Å². The standard InChI is InChI=1S/C40H47N3O6/c1-5-41-40(45)42-22-28-7-6-8-32(19-28)29-13-15-31(16-14-29)39-48-37(26(2)38(49-39)30-11-9-27(25-44)10-12-30)24-43-18-17-33-20-35(46-3)36(47-4)21-34(33)23-43/h6-16,19-21,26,37-39,44H,5,17-18,22-25H2,1-4H3,(H2,41,42,45). The van der Waals surface area contributed by atoms with Crippen LogP contribution in [-0.2, 0) is 35.6 Å². The normalized spacial score (nSPS) is 20.7. The summed E-state index contributed by atoms with van der Waals surface area (Å²) in [6, 6.07) is 28.6. The number of hydrogen-bond acceptors (Lipinski definition) is 7. The van der Waals surface area contributed by atoms with Crippen LogP contribution in [0.1, 0.15) is 59.6 Å². The van der Waals surface area contributed by atoms with Crippen LogP contribution in [0, 0.1) is 5.92 Å². The Morgan fingerprint density at radius 1 is 0.857 bits per heavy atom. The summed E-state index contributed by atoms with van der Waals surface area (Å²) in [6.45, 7) is 7.62. The topological polar surface area (TPSA) is 102 Å². The van der Waals surface area contributed by atoms with Gasteiger partial charge in [0.2, 0.25) is 0 Å². The molecule has 1 saturated heterocycles. The van der Waals surface area contributed by atoms with E-state index in [9.17, 15) is 9.90 Å². The fraction of sp³-hybridized carbons (Fsp3) is 0.375. The molecule has 2 heterocycles. The Labute approximate surface area is 289 Å². The summed E-state index contributed by atoms with van der Waals surface area (Å²) in [6.07, 6.45) is 0.100. The van der Waals surface area contributed by atoms with Crippen molar-refractivity contribution in [2.24, 2.45) is 5.92 Å². The van der Waals surface area contributed by atoms with Crippen LogP contribution in [0.2, 0.25) is 0 Å². The molecule has 0 aliphatic carbocycles. The van der Waals surface area contributed by atoms with E-state index in [1.807, 2.05) is 31.2 Å². The van der Waals surface area contributed by atoms with Gasteiger partial charge in [-0.1, -0.05) is 73.7 Å². The molecule has 258 valence electrons. The number of aliphatic hydroxyl groups excluding tert-OH is 1. The summed E-state index contributed by atoms with van der Waals surface area (Å²) >= 11 is 0. The van der Waals surface area contributed by atoms with Crippen molar-refractivity contribution in [1.29, 1.82) is 0 Å². The first-order valence-electron chi connectivity index (χ1n) is 17.1. The Balaban J connectivity index is 1.21. The van der Waals surface area contributed by atoms with E-state index in [2.05, 4.69) is 83.1 Å². The molecular formula is C40H47N3O6. The van der Waals surface area contributed by atoms with Crippen LogP contribution in [-0.4, -0.2) is 56.0 Å². The van der Waals surface area contributed by atoms with Crippen molar-refractivity contribution >= 4 is 6.03 Å². The fourth-order valence-electron chi connectivity index (χ4n) is 6.78. The van der Waals surface area contributed by atoms with Gasteiger partial charge >= 0.3 is 6.03 Å². The van der Waals surface area contributed by atoms with Crippen molar-refractivity contribution in [3.8, 4) is 22.6 Å². The summed E-state index contributed by atoms with van der Waals surface area (Å²) in [7, 11) is 3.35. The van der Waals surface area contributed by atoms with Gasteiger partial charge in [0, 0.05) is 44.2 Å². The lowest BCUT2D eigenvalue weighted by Crippen LogP contribution is -2.45. The van der Waals surface area contributed by atoms with E-state index in [1.54, 1.807) is 14.2 Å². The lowest BCUT2D eigenvalue weighted by Gasteiger charge is -2.43. The van der Waals surface area contributed by atoms with Crippen LogP contribution in [0.15, 0.2) is 84.9 Å². The summed E-state index contributed by atoms with van der Waals surface area (Å²) in [5, 5.41) is 15.3. The predicted octanol–water partition coefficient (Wildman–Crippen LogP) is 6.53. The first-order valence-corrected chi connectivity index (χ1v) is 17.1. The summed E-state index contributed by atoms with van der Waals surface area (Å²) in [5.41, 5.74) is 8.59. The second kappa shape index (κ2) is 15.9. The Morgan fingerprint density at radius 3 is 2.27 bits per heavy atom. The van der Waals surface area contributed by atoms with Gasteiger partial charge in [0.25, 0.3) is 0 Å². The molecule has 4 unspecified atom stereocenters. The van der Waals surface area contributed by atoms with E-state index in [4.69, 9.17) is 18.9 Å². The third-order valence-corrected chi connectivity index (χ3v) is 9.59. The third kappa shape index (κ3) is 8.08. The molecule has 3 N–H and O–H groups in total. The Hall–Kier alpha value is -4.41. The molecule has 0 aromatic heterocycles. The van der Waals surface area contributed by atoms with Crippen molar-refractivity contribution in [2.45, 2.75) is 58.5 Å². The number of benzene rings is 4. The minimum Gasteiger partial charge on any atom is -0.493 e. The maximum Gasteiger partial charge on any atom is 0.315 e. The summed E-state index contributed by atoms with van der Waals surface area (Å²) < 4.78 is 24.7. The zero-order valence-electron chi connectivity index (χ0n) is 28.8. The number of hydrogen-bond donors (Lipinski definition) is 3. The number of carbonyl (C=O) groups excluding carboxylic acids is 1. The molecule has 2 aliphatic heterocycles. The molecule has 4 atom stereocenters. The van der Waals surface area contributed by atoms with E-state index in [1.165, 1.54) is 11.1 Å². The smallest absolute Gasteiger partial charge is 0.315 e. The number of nitrogens with zero attached hydrogens (tertiary/aromatic N) is 1. The van der Waals surface area contributed by atoms with Crippen molar-refractivity contribution in [1.82, 2.24) is 15.5 Å². The number of urea groups is 1. The molecule has 9 heteroatoms. The van der Waals surface area contributed by atoms with E-state index in [-0.39, 0.29) is 30.8 Å². The fourth-order valence-corrected chi connectivity index (χ4v) is 6.78. The highest BCUT2D eigenvalue weighted by atomic mass is 16.7. The quantitative estimate of drug-likeness (QED) is 0.168. The van der Waals surface area contributed by atoms with Crippen LogP contribution >= 0.6 is 0 Å². The number of aliphatic hydroxyl groups is 1. The minimum atomic E-state index is -0.549. The number of ether oxygens (including phenoxy) is 4. The zero-order valence-corrected chi connectivity index (χ0v) is 28.8. The first kappa shape index (κ1) is 34.5. The number of carbonyl (C=O) groups is 1. The lowest BCUT2D eigenvalue weighted by atomic mass is 9.89. The number of amides is 2. The molecule has 2 aliphatic rings. The van der Waals surface area contributed by atoms with Crippen molar-refractivity contribution < 1.29 is 28.8 Å². The molecule has 0 saturated carbocycles. The lowest BCUT2D eigenvalue weighted by molar-refractivity contribution is -0.276. The molecule has 9 nitrogen and oxygen atoms in total. The van der Waals surface area contributed by atoms with Gasteiger partial charge in [-0.15, -0.1) is 0 Å². The van der Waals surface area contributed by atoms with Crippen molar-refractivity contribution in [2.75, 3.05) is 33.9 Å². The molecule has 2 amide bonds. The number of fused-ring (bicyclic) bond motifs is 1. The molecular weight excluding hydrogens is 618 g/mol. The molecule has 6 rings (SSSR count). The van der Waals surface area contributed by atoms with Gasteiger partial charge in [0.1, 0.15) is 0 Å². The highest BCUT2D eigenvalue weighted by Crippen LogP contribution is 2.43. The van der Waals surface area contributed by atoms with E-state index >= 15 is 0 Å². The van der Waals surface area contributed by atoms with Crippen LogP contribution in [0.5, 0.6) is 11.5 Å². The highest BCUT2D eigenvalue weighted by molar-refractivity contribution is 5.74. The zero-order chi connectivity index (χ0) is 34.3. The maximum atomic E-state index is 11.9. The predicted molar refractivity (Wildman–Crippen MR) is 189 cm³/mol. The van der Waals surface area contributed by atoms with E-state index in [0.717, 1.165) is 70.9 Å². The van der Waals surface area contributed by atoms with Crippen LogP contribution in [0.3, 0.4) is 0 Å². The monoisotopic (exact) mass is 665 g/mol. The molecule has 0 radical (unpaired) electrons. The number of methoxy groups -OCH3 is 2. The number of nitrogens with one attached hydrogen (secondary N) is 2. The van der Waals surface area contributed by atoms with Crippen LogP contribution in [0.25, 0.3) is 11.1 Å². The molecule has 0 spiro atoms. The average molecular weight is 666 g/mol. The third-order valence-electron chi connectivity index (χ3n) is 9.59. The van der Waals surface area contributed by atoms with Gasteiger partial charge < -0.3 is 34.7 Å². The van der Waals surface area contributed by atoms with Gasteiger partial charge in [-0.05, 0) is 70.5 Å². The molecule has 49 heavy (non-hydrogen) atoms. The number of rotatable bonds is 11. The SMILES string of the molecule is CCNC(=O)NCc1cccc(-c2ccc(C3OC(CN4CCc5cc(OC)c(OC)cc5C4)C(C)C(c4ccc(CO)cc4)O3)cc2)c1. The highest BCUT2D eigenvalue weighted by Gasteiger charge is 2.39. The molecule has 4 aromatic carbocycles. The molecule has 1 fully saturated rings. The Kier molecular flexibility index (Phi) is 11.2. The first-order chi connectivity index (χ1) is 23.9. The van der Waals surface area contributed by atoms with Crippen molar-refractivity contribution in [3.05, 3.63) is 118 Å². The maximum absolute atomic E-state index is 11.9. The summed E-state index contributed by atoms with van der Waals surface area (Å²) in [4.78, 5) is 14.3. The van der Waals surface area contributed by atoms with E-state index < -0.39 is 6.29 Å². The van der Waals surface area contributed by atoms with Gasteiger partial charge in [-0.25, -0.2) is 4.79 Å². The minimum absolute atomic E-state index is 0.00275. The van der Waals surface area contributed by atoms with Crippen molar-refractivity contribution in [3.63, 3.8) is 0 Å². The van der Waals surface area contributed by atoms with Gasteiger partial charge in [0.05, 0.1) is 33.0 Å². The molecule has 4 aromatic rings. The largest absolute Gasteiger partial charge is 0.493 e. The Morgan fingerprint density at radius 2 is 1.57 bits per heavy atom. The van der Waals surface area contributed by atoms with Gasteiger partial charge in [-0.2, -0.15) is 0 Å². The summed E-state index contributed by atoms with van der Waals surface area (Å²) in [5.74, 6) is 1.59. The van der Waals surface area contributed by atoms with Crippen LogP contribution < -0.4 is 20.1 Å². The second-order valence-corrected chi connectivity index (χ2v) is 12.8. The average Bonchev–Trinajstić information content (AvgIpc) is 3.14. The van der Waals surface area contributed by atoms with Gasteiger partial charge in [0.15, 0.2) is 17.8 Å². The van der Waals surface area contributed by atoms with Crippen LogP contribution in [0.4, 0.5) is 4.79 Å². The van der Waals surface area contributed by atoms with Gasteiger partial charge in [-0.3, -0.25) is 4.90 Å².